The lowest BCUT2D eigenvalue weighted by molar-refractivity contribution is 0.0955. The fourth-order valence-electron chi connectivity index (χ4n) is 2.58. The number of nitrogens with zero attached hydrogens (tertiary/aromatic N) is 2. The first-order chi connectivity index (χ1) is 12.3. The van der Waals surface area contributed by atoms with Gasteiger partial charge in [-0.1, -0.05) is 13.0 Å². The smallest absolute Gasteiger partial charge is 0.271 e. The molecule has 0 bridgehead atoms. The summed E-state index contributed by atoms with van der Waals surface area (Å²) in [4.78, 5) is 12.2. The monoisotopic (exact) mass is 375 g/mol. The number of hydrogen-bond donors (Lipinski definition) is 1. The molecule has 0 saturated heterocycles. The van der Waals surface area contributed by atoms with Crippen LogP contribution in [-0.2, 0) is 10.0 Å². The maximum absolute atomic E-state index is 12.2. The van der Waals surface area contributed by atoms with Crippen LogP contribution in [0.2, 0.25) is 0 Å². The number of hydrazone groups is 1. The van der Waals surface area contributed by atoms with Crippen LogP contribution in [0, 0.1) is 5.92 Å². The van der Waals surface area contributed by atoms with Gasteiger partial charge >= 0.3 is 0 Å². The predicted octanol–water partition coefficient (Wildman–Crippen LogP) is 2.42. The molecule has 2 aromatic rings. The van der Waals surface area contributed by atoms with Crippen molar-refractivity contribution in [1.29, 1.82) is 0 Å². The molecular weight excluding hydrogens is 354 g/mol. The van der Waals surface area contributed by atoms with Crippen molar-refractivity contribution in [3.8, 4) is 0 Å². The Morgan fingerprint density at radius 3 is 2.69 bits per heavy atom. The number of furan rings is 1. The largest absolute Gasteiger partial charge is 0.460 e. The van der Waals surface area contributed by atoms with E-state index in [1.807, 2.05) is 6.07 Å². The molecule has 8 heteroatoms. The van der Waals surface area contributed by atoms with Gasteiger partial charge in [0.15, 0.2) is 0 Å². The molecule has 1 aliphatic rings. The van der Waals surface area contributed by atoms with Gasteiger partial charge in [-0.05, 0) is 42.7 Å². The molecule has 0 radical (unpaired) electrons. The van der Waals surface area contributed by atoms with E-state index < -0.39 is 15.9 Å². The number of carbonyl (C=O) groups excluding carboxylic acids is 1. The number of carbonyl (C=O) groups is 1. The standard InChI is InChI=1S/C18H21N3O4S/c1-12-9-16(12)17-8-7-14(25-17)11-19-20-18(22)13-5-4-6-15(10-13)26(23,24)21(2)3/h4-8,10-12,16H,9H2,1-3H3,(H,20,22)/b19-11-/t12-,16-/m1/s1. The molecule has 0 spiro atoms. The van der Waals surface area contributed by atoms with E-state index in [2.05, 4.69) is 17.5 Å². The van der Waals surface area contributed by atoms with Gasteiger partial charge in [0.25, 0.3) is 5.91 Å². The quantitative estimate of drug-likeness (QED) is 0.620. The first-order valence-electron chi connectivity index (χ1n) is 8.25. The van der Waals surface area contributed by atoms with Crippen LogP contribution in [0.15, 0.2) is 50.8 Å². The van der Waals surface area contributed by atoms with Crippen molar-refractivity contribution >= 4 is 22.1 Å². The van der Waals surface area contributed by atoms with Gasteiger partial charge in [0.2, 0.25) is 10.0 Å². The fraction of sp³-hybridized carbons (Fsp3) is 0.333. The van der Waals surface area contributed by atoms with E-state index in [0.717, 1.165) is 16.5 Å². The van der Waals surface area contributed by atoms with E-state index in [9.17, 15) is 13.2 Å². The first kappa shape index (κ1) is 18.3. The van der Waals surface area contributed by atoms with Gasteiger partial charge in [0, 0.05) is 25.6 Å². The zero-order valence-corrected chi connectivity index (χ0v) is 15.7. The lowest BCUT2D eigenvalue weighted by atomic mass is 10.2. The Hall–Kier alpha value is -2.45. The highest BCUT2D eigenvalue weighted by molar-refractivity contribution is 7.89. The first-order valence-corrected chi connectivity index (χ1v) is 9.69. The second-order valence-electron chi connectivity index (χ2n) is 6.57. The lowest BCUT2D eigenvalue weighted by Gasteiger charge is -2.11. The maximum atomic E-state index is 12.2. The summed E-state index contributed by atoms with van der Waals surface area (Å²) in [7, 11) is -0.727. The lowest BCUT2D eigenvalue weighted by Crippen LogP contribution is -2.23. The molecule has 1 fully saturated rings. The highest BCUT2D eigenvalue weighted by atomic mass is 32.2. The number of rotatable bonds is 6. The average molecular weight is 375 g/mol. The minimum Gasteiger partial charge on any atom is -0.460 e. The van der Waals surface area contributed by atoms with Crippen molar-refractivity contribution in [3.63, 3.8) is 0 Å². The van der Waals surface area contributed by atoms with Gasteiger partial charge in [0.1, 0.15) is 11.5 Å². The second kappa shape index (κ2) is 7.05. The molecule has 1 heterocycles. The summed E-state index contributed by atoms with van der Waals surface area (Å²) in [5.74, 6) is 2.12. The minimum atomic E-state index is -3.60. The van der Waals surface area contributed by atoms with Crippen LogP contribution in [0.4, 0.5) is 0 Å². The molecule has 26 heavy (non-hydrogen) atoms. The Balaban J connectivity index is 1.66. The summed E-state index contributed by atoms with van der Waals surface area (Å²) in [6, 6.07) is 9.54. The third-order valence-electron chi connectivity index (χ3n) is 4.36. The van der Waals surface area contributed by atoms with E-state index in [4.69, 9.17) is 4.42 Å². The maximum Gasteiger partial charge on any atom is 0.271 e. The Kier molecular flexibility index (Phi) is 4.97. The van der Waals surface area contributed by atoms with Crippen LogP contribution < -0.4 is 5.43 Å². The van der Waals surface area contributed by atoms with Crippen molar-refractivity contribution in [2.75, 3.05) is 14.1 Å². The second-order valence-corrected chi connectivity index (χ2v) is 8.73. The van der Waals surface area contributed by atoms with Crippen LogP contribution in [0.25, 0.3) is 0 Å². The topological polar surface area (TPSA) is 92.0 Å². The van der Waals surface area contributed by atoms with Gasteiger partial charge in [-0.25, -0.2) is 18.1 Å². The van der Waals surface area contributed by atoms with Crippen LogP contribution in [0.5, 0.6) is 0 Å². The summed E-state index contributed by atoms with van der Waals surface area (Å²) in [6.45, 7) is 2.17. The Labute approximate surface area is 152 Å². The highest BCUT2D eigenvalue weighted by Crippen LogP contribution is 2.47. The number of amides is 1. The molecule has 138 valence electrons. The highest BCUT2D eigenvalue weighted by Gasteiger charge is 2.36. The molecule has 0 aliphatic heterocycles. The summed E-state index contributed by atoms with van der Waals surface area (Å²) >= 11 is 0. The van der Waals surface area contributed by atoms with Crippen LogP contribution in [-0.4, -0.2) is 38.9 Å². The van der Waals surface area contributed by atoms with Crippen LogP contribution >= 0.6 is 0 Å². The van der Waals surface area contributed by atoms with Gasteiger partial charge in [-0.15, -0.1) is 0 Å². The fourth-order valence-corrected chi connectivity index (χ4v) is 3.53. The molecule has 0 unspecified atom stereocenters. The van der Waals surface area contributed by atoms with Crippen LogP contribution in [0.1, 0.15) is 41.1 Å². The third-order valence-corrected chi connectivity index (χ3v) is 6.17. The molecule has 1 saturated carbocycles. The number of hydrogen-bond acceptors (Lipinski definition) is 5. The van der Waals surface area contributed by atoms with Gasteiger partial charge in [0.05, 0.1) is 11.1 Å². The van der Waals surface area contributed by atoms with E-state index in [1.54, 1.807) is 6.07 Å². The Morgan fingerprint density at radius 2 is 2.04 bits per heavy atom. The molecule has 1 aliphatic carbocycles. The zero-order chi connectivity index (χ0) is 18.9. The van der Waals surface area contributed by atoms with E-state index in [0.29, 0.717) is 17.6 Å². The Morgan fingerprint density at radius 1 is 1.31 bits per heavy atom. The van der Waals surface area contributed by atoms with Crippen molar-refractivity contribution in [1.82, 2.24) is 9.73 Å². The molecule has 1 amide bonds. The molecule has 1 N–H and O–H groups in total. The molecular formula is C18H21N3O4S. The third kappa shape index (κ3) is 3.86. The zero-order valence-electron chi connectivity index (χ0n) is 14.8. The van der Waals surface area contributed by atoms with E-state index in [-0.39, 0.29) is 10.5 Å². The van der Waals surface area contributed by atoms with E-state index >= 15 is 0 Å². The molecule has 2 atom stereocenters. The van der Waals surface area contributed by atoms with E-state index in [1.165, 1.54) is 44.6 Å². The van der Waals surface area contributed by atoms with Crippen molar-refractivity contribution in [3.05, 3.63) is 53.5 Å². The SMILES string of the molecule is C[C@@H]1C[C@H]1c1ccc(/C=N\NC(=O)c2cccc(S(=O)(=O)N(C)C)c2)o1. The summed E-state index contributed by atoms with van der Waals surface area (Å²) < 4.78 is 31.1. The van der Waals surface area contributed by atoms with Gasteiger partial charge in [-0.2, -0.15) is 5.10 Å². The average Bonchev–Trinajstić information content (AvgIpc) is 3.15. The van der Waals surface area contributed by atoms with Crippen LogP contribution in [0.3, 0.4) is 0 Å². The van der Waals surface area contributed by atoms with Crippen molar-refractivity contribution < 1.29 is 17.6 Å². The molecule has 1 aromatic carbocycles. The number of sulfonamides is 1. The van der Waals surface area contributed by atoms with Gasteiger partial charge in [-0.3, -0.25) is 4.79 Å². The molecule has 7 nitrogen and oxygen atoms in total. The minimum absolute atomic E-state index is 0.0494. The van der Waals surface area contributed by atoms with Gasteiger partial charge < -0.3 is 4.42 Å². The molecule has 1 aromatic heterocycles. The summed E-state index contributed by atoms with van der Waals surface area (Å²) in [5, 5.41) is 3.88. The van der Waals surface area contributed by atoms with Crippen molar-refractivity contribution in [2.45, 2.75) is 24.2 Å². The number of nitrogens with one attached hydrogen (secondary N) is 1. The summed E-state index contributed by atoms with van der Waals surface area (Å²) in [6.07, 6.45) is 2.56. The predicted molar refractivity (Wildman–Crippen MR) is 97.6 cm³/mol. The number of benzene rings is 1. The molecule has 3 rings (SSSR count). The normalized spacial score (nSPS) is 19.8. The summed E-state index contributed by atoms with van der Waals surface area (Å²) in [5.41, 5.74) is 2.59. The van der Waals surface area contributed by atoms with Crippen molar-refractivity contribution in [2.24, 2.45) is 11.0 Å². The Bertz CT molecular complexity index is 947.